The van der Waals surface area contributed by atoms with Crippen molar-refractivity contribution in [3.05, 3.63) is 28.8 Å². The molecule has 0 radical (unpaired) electrons. The highest BCUT2D eigenvalue weighted by atomic mass is 35.5. The Bertz CT molecular complexity index is 422. The summed E-state index contributed by atoms with van der Waals surface area (Å²) in [7, 11) is 3.83. The Morgan fingerprint density at radius 2 is 2.35 bits per heavy atom. The van der Waals surface area contributed by atoms with Gasteiger partial charge in [0.2, 0.25) is 0 Å². The van der Waals surface area contributed by atoms with Crippen LogP contribution in [0.2, 0.25) is 5.02 Å². The van der Waals surface area contributed by atoms with Crippen LogP contribution in [0.3, 0.4) is 0 Å². The number of anilines is 1. The predicted molar refractivity (Wildman–Crippen MR) is 82.7 cm³/mol. The van der Waals surface area contributed by atoms with Gasteiger partial charge < -0.3 is 19.7 Å². The van der Waals surface area contributed by atoms with Gasteiger partial charge in [-0.05, 0) is 24.1 Å². The van der Waals surface area contributed by atoms with Crippen molar-refractivity contribution in [2.24, 2.45) is 0 Å². The van der Waals surface area contributed by atoms with Gasteiger partial charge in [0.15, 0.2) is 0 Å². The minimum atomic E-state index is 0.436. The highest BCUT2D eigenvalue weighted by Gasteiger charge is 2.22. The van der Waals surface area contributed by atoms with E-state index in [2.05, 4.69) is 23.3 Å². The third-order valence-electron chi connectivity index (χ3n) is 3.68. The number of nitrogens with zero attached hydrogens (tertiary/aromatic N) is 1. The number of hydrogen-bond donors (Lipinski definition) is 1. The topological polar surface area (TPSA) is 33.7 Å². The molecule has 1 aromatic rings. The number of ether oxygens (including phenoxy) is 2. The molecular formula is C15H23ClN2O2. The molecule has 0 aromatic heterocycles. The highest BCUT2D eigenvalue weighted by Crippen LogP contribution is 2.27. The second-order valence-electron chi connectivity index (χ2n) is 5.07. The van der Waals surface area contributed by atoms with E-state index >= 15 is 0 Å². The van der Waals surface area contributed by atoms with E-state index in [1.54, 1.807) is 7.11 Å². The van der Waals surface area contributed by atoms with Crippen molar-refractivity contribution in [2.75, 3.05) is 45.4 Å². The first-order valence-corrected chi connectivity index (χ1v) is 7.39. The van der Waals surface area contributed by atoms with Gasteiger partial charge >= 0.3 is 0 Å². The maximum Gasteiger partial charge on any atom is 0.0670 e. The van der Waals surface area contributed by atoms with Gasteiger partial charge in [-0.25, -0.2) is 0 Å². The van der Waals surface area contributed by atoms with Crippen molar-refractivity contribution in [3.8, 4) is 0 Å². The summed E-state index contributed by atoms with van der Waals surface area (Å²) < 4.78 is 10.5. The van der Waals surface area contributed by atoms with E-state index < -0.39 is 0 Å². The van der Waals surface area contributed by atoms with Crippen LogP contribution in [0.1, 0.15) is 12.0 Å². The number of likely N-dealkylation sites (N-methyl/N-ethyl adjacent to an activating group) is 1. The van der Waals surface area contributed by atoms with Gasteiger partial charge in [0, 0.05) is 44.6 Å². The number of hydrogen-bond acceptors (Lipinski definition) is 4. The summed E-state index contributed by atoms with van der Waals surface area (Å²) in [6.07, 6.45) is 1.07. The van der Waals surface area contributed by atoms with Crippen molar-refractivity contribution in [1.82, 2.24) is 5.32 Å². The van der Waals surface area contributed by atoms with E-state index in [0.29, 0.717) is 6.04 Å². The predicted octanol–water partition coefficient (Wildman–Crippen LogP) is 2.30. The van der Waals surface area contributed by atoms with Crippen LogP contribution in [0, 0.1) is 0 Å². The molecule has 1 aliphatic heterocycles. The van der Waals surface area contributed by atoms with E-state index in [9.17, 15) is 0 Å². The zero-order valence-electron chi connectivity index (χ0n) is 12.2. The van der Waals surface area contributed by atoms with Crippen LogP contribution in [-0.2, 0) is 16.0 Å². The number of rotatable bonds is 7. The molecule has 0 amide bonds. The lowest BCUT2D eigenvalue weighted by Crippen LogP contribution is -2.33. The minimum absolute atomic E-state index is 0.436. The van der Waals surface area contributed by atoms with Crippen molar-refractivity contribution in [2.45, 2.75) is 19.0 Å². The summed E-state index contributed by atoms with van der Waals surface area (Å²) in [6, 6.07) is 6.50. The zero-order chi connectivity index (χ0) is 14.4. The average Bonchev–Trinajstić information content (AvgIpc) is 2.98. The molecule has 1 aliphatic rings. The Morgan fingerprint density at radius 3 is 3.05 bits per heavy atom. The first-order valence-electron chi connectivity index (χ1n) is 7.01. The van der Waals surface area contributed by atoms with Crippen LogP contribution in [0.25, 0.3) is 0 Å². The fraction of sp³-hybridized carbons (Fsp3) is 0.600. The van der Waals surface area contributed by atoms with Crippen LogP contribution < -0.4 is 10.2 Å². The molecule has 112 valence electrons. The maximum atomic E-state index is 6.15. The maximum absolute atomic E-state index is 6.15. The van der Waals surface area contributed by atoms with E-state index in [0.717, 1.165) is 44.4 Å². The average molecular weight is 299 g/mol. The lowest BCUT2D eigenvalue weighted by molar-refractivity contribution is 0.193. The monoisotopic (exact) mass is 298 g/mol. The van der Waals surface area contributed by atoms with Gasteiger partial charge in [-0.15, -0.1) is 0 Å². The Hall–Kier alpha value is -0.810. The fourth-order valence-electron chi connectivity index (χ4n) is 2.44. The molecule has 1 fully saturated rings. The standard InChI is InChI=1S/C15H23ClN2O2/c1-18(14-5-7-20-11-14)15-9-13(16)4-3-12(15)10-17-6-8-19-2/h3-4,9,14,17H,5-8,10-11H2,1-2H3. The van der Waals surface area contributed by atoms with Crippen LogP contribution in [0.15, 0.2) is 18.2 Å². The van der Waals surface area contributed by atoms with Gasteiger partial charge in [0.05, 0.1) is 19.3 Å². The van der Waals surface area contributed by atoms with E-state index in [-0.39, 0.29) is 0 Å². The quantitative estimate of drug-likeness (QED) is 0.783. The molecule has 0 saturated carbocycles. The first-order chi connectivity index (χ1) is 9.72. The fourth-order valence-corrected chi connectivity index (χ4v) is 2.60. The van der Waals surface area contributed by atoms with Crippen molar-refractivity contribution < 1.29 is 9.47 Å². The van der Waals surface area contributed by atoms with Crippen LogP contribution in [0.5, 0.6) is 0 Å². The Balaban J connectivity index is 2.06. The molecule has 0 aliphatic carbocycles. The van der Waals surface area contributed by atoms with E-state index in [1.165, 1.54) is 11.3 Å². The molecule has 1 unspecified atom stereocenters. The molecule has 0 spiro atoms. The summed E-state index contributed by atoms with van der Waals surface area (Å²) in [5.41, 5.74) is 2.43. The molecule has 1 saturated heterocycles. The number of methoxy groups -OCH3 is 1. The Morgan fingerprint density at radius 1 is 1.50 bits per heavy atom. The summed E-state index contributed by atoms with van der Waals surface area (Å²) >= 11 is 6.15. The smallest absolute Gasteiger partial charge is 0.0670 e. The Kier molecular flexibility index (Phi) is 6.10. The molecule has 0 bridgehead atoms. The van der Waals surface area contributed by atoms with Crippen molar-refractivity contribution in [1.29, 1.82) is 0 Å². The van der Waals surface area contributed by atoms with Crippen molar-refractivity contribution >= 4 is 17.3 Å². The molecule has 2 rings (SSSR count). The summed E-state index contributed by atoms with van der Waals surface area (Å²) in [4.78, 5) is 2.28. The van der Waals surface area contributed by atoms with Gasteiger partial charge in [0.1, 0.15) is 0 Å². The molecule has 20 heavy (non-hydrogen) atoms. The lowest BCUT2D eigenvalue weighted by atomic mass is 10.1. The highest BCUT2D eigenvalue weighted by molar-refractivity contribution is 6.30. The van der Waals surface area contributed by atoms with Crippen LogP contribution in [-0.4, -0.2) is 46.6 Å². The number of nitrogens with one attached hydrogen (secondary N) is 1. The zero-order valence-corrected chi connectivity index (χ0v) is 12.9. The summed E-state index contributed by atoms with van der Waals surface area (Å²) in [5.74, 6) is 0. The third-order valence-corrected chi connectivity index (χ3v) is 3.91. The van der Waals surface area contributed by atoms with Gasteiger partial charge in [-0.2, -0.15) is 0 Å². The number of halogens is 1. The summed E-state index contributed by atoms with van der Waals surface area (Å²) in [6.45, 7) is 4.01. The largest absolute Gasteiger partial charge is 0.383 e. The number of benzene rings is 1. The lowest BCUT2D eigenvalue weighted by Gasteiger charge is -2.28. The van der Waals surface area contributed by atoms with Crippen LogP contribution >= 0.6 is 11.6 Å². The molecule has 5 heteroatoms. The third kappa shape index (κ3) is 4.09. The molecule has 1 N–H and O–H groups in total. The van der Waals surface area contributed by atoms with Gasteiger partial charge in [-0.3, -0.25) is 0 Å². The van der Waals surface area contributed by atoms with Crippen molar-refractivity contribution in [3.63, 3.8) is 0 Å². The summed E-state index contributed by atoms with van der Waals surface area (Å²) in [5, 5.41) is 4.15. The first kappa shape index (κ1) is 15.6. The molecule has 1 aromatic carbocycles. The molecule has 1 heterocycles. The van der Waals surface area contributed by atoms with Crippen LogP contribution in [0.4, 0.5) is 5.69 Å². The van der Waals surface area contributed by atoms with Gasteiger partial charge in [-0.1, -0.05) is 17.7 Å². The molecule has 4 nitrogen and oxygen atoms in total. The normalized spacial score (nSPS) is 18.4. The van der Waals surface area contributed by atoms with E-state index in [1.807, 2.05) is 12.1 Å². The Labute approximate surface area is 126 Å². The molecular weight excluding hydrogens is 276 g/mol. The SMILES string of the molecule is COCCNCc1ccc(Cl)cc1N(C)C1CCOC1. The minimum Gasteiger partial charge on any atom is -0.383 e. The molecule has 1 atom stereocenters. The second kappa shape index (κ2) is 7.84. The van der Waals surface area contributed by atoms with Gasteiger partial charge in [0.25, 0.3) is 0 Å². The second-order valence-corrected chi connectivity index (χ2v) is 5.51. The van der Waals surface area contributed by atoms with E-state index in [4.69, 9.17) is 21.1 Å².